The van der Waals surface area contributed by atoms with Crippen LogP contribution in [0.15, 0.2) is 72.2 Å². The second-order valence-electron chi connectivity index (χ2n) is 5.25. The summed E-state index contributed by atoms with van der Waals surface area (Å²) in [5.74, 6) is 0.821. The summed E-state index contributed by atoms with van der Waals surface area (Å²) in [7, 11) is 0. The number of aliphatic imine (C=N–C) groups is 1. The highest BCUT2D eigenvalue weighted by Crippen LogP contribution is 2.25. The monoisotopic (exact) mass is 356 g/mol. The van der Waals surface area contributed by atoms with Crippen LogP contribution in [0, 0.1) is 0 Å². The van der Waals surface area contributed by atoms with Crippen LogP contribution in [0.25, 0.3) is 0 Å². The van der Waals surface area contributed by atoms with Crippen LogP contribution in [-0.4, -0.2) is 19.8 Å². The van der Waals surface area contributed by atoms with Crippen LogP contribution in [0.2, 0.25) is 5.02 Å². The van der Waals surface area contributed by atoms with Crippen molar-refractivity contribution in [2.75, 3.05) is 0 Å². The SMILES string of the molecule is CC(/C(=N\c1ccccc1)SCc1ccc(Cl)cc1)n1cncn1. The Hall–Kier alpha value is -2.11. The van der Waals surface area contributed by atoms with Crippen molar-refractivity contribution < 1.29 is 0 Å². The Labute approximate surface area is 150 Å². The predicted molar refractivity (Wildman–Crippen MR) is 101 cm³/mol. The number of aromatic nitrogens is 3. The largest absolute Gasteiger partial charge is 0.244 e. The summed E-state index contributed by atoms with van der Waals surface area (Å²) in [5, 5.41) is 5.97. The summed E-state index contributed by atoms with van der Waals surface area (Å²) in [4.78, 5) is 8.85. The number of halogens is 1. The van der Waals surface area contributed by atoms with Gasteiger partial charge >= 0.3 is 0 Å². The summed E-state index contributed by atoms with van der Waals surface area (Å²) < 4.78 is 1.82. The van der Waals surface area contributed by atoms with Crippen LogP contribution < -0.4 is 0 Å². The van der Waals surface area contributed by atoms with Crippen molar-refractivity contribution in [3.05, 3.63) is 77.8 Å². The lowest BCUT2D eigenvalue weighted by molar-refractivity contribution is 0.612. The van der Waals surface area contributed by atoms with Gasteiger partial charge in [0.15, 0.2) is 0 Å². The number of hydrogen-bond donors (Lipinski definition) is 0. The van der Waals surface area contributed by atoms with Gasteiger partial charge in [0, 0.05) is 10.8 Å². The van der Waals surface area contributed by atoms with E-state index < -0.39 is 0 Å². The minimum atomic E-state index is 0.0185. The molecule has 0 aliphatic rings. The third-order valence-electron chi connectivity index (χ3n) is 3.49. The van der Waals surface area contributed by atoms with Gasteiger partial charge in [-0.15, -0.1) is 11.8 Å². The van der Waals surface area contributed by atoms with Crippen LogP contribution in [0.5, 0.6) is 0 Å². The van der Waals surface area contributed by atoms with E-state index in [1.807, 2.05) is 59.3 Å². The lowest BCUT2D eigenvalue weighted by atomic mass is 10.2. The van der Waals surface area contributed by atoms with Gasteiger partial charge in [0.25, 0.3) is 0 Å². The second kappa shape index (κ2) is 8.13. The standard InChI is InChI=1S/C18H17ClN4S/c1-14(23-13-20-12-21-23)18(22-17-5-3-2-4-6-17)24-11-15-7-9-16(19)10-8-15/h2-10,12-14H,11H2,1H3/b22-18+. The molecule has 0 N–H and O–H groups in total. The van der Waals surface area contributed by atoms with Gasteiger partial charge in [0.1, 0.15) is 12.7 Å². The maximum absolute atomic E-state index is 5.95. The van der Waals surface area contributed by atoms with Crippen LogP contribution in [0.3, 0.4) is 0 Å². The van der Waals surface area contributed by atoms with Crippen molar-refractivity contribution in [3.8, 4) is 0 Å². The van der Waals surface area contributed by atoms with E-state index in [4.69, 9.17) is 16.6 Å². The number of rotatable bonds is 5. The molecule has 4 nitrogen and oxygen atoms in total. The Morgan fingerprint density at radius 1 is 1.17 bits per heavy atom. The molecule has 0 fully saturated rings. The van der Waals surface area contributed by atoms with Gasteiger partial charge in [-0.1, -0.05) is 41.9 Å². The number of hydrogen-bond acceptors (Lipinski definition) is 4. The first-order chi connectivity index (χ1) is 11.7. The van der Waals surface area contributed by atoms with Crippen LogP contribution in [0.4, 0.5) is 5.69 Å². The van der Waals surface area contributed by atoms with E-state index in [9.17, 15) is 0 Å². The number of thioether (sulfide) groups is 1. The highest BCUT2D eigenvalue weighted by atomic mass is 35.5. The summed E-state index contributed by atoms with van der Waals surface area (Å²) in [6.45, 7) is 2.07. The van der Waals surface area contributed by atoms with Gasteiger partial charge in [0.2, 0.25) is 0 Å². The highest BCUT2D eigenvalue weighted by molar-refractivity contribution is 8.13. The first-order valence-corrected chi connectivity index (χ1v) is 8.94. The maximum atomic E-state index is 5.95. The molecule has 0 aliphatic heterocycles. The van der Waals surface area contributed by atoms with Gasteiger partial charge in [-0.05, 0) is 36.8 Å². The predicted octanol–water partition coefficient (Wildman–Crippen LogP) is 5.16. The van der Waals surface area contributed by atoms with Gasteiger partial charge in [-0.25, -0.2) is 14.7 Å². The van der Waals surface area contributed by atoms with Gasteiger partial charge in [-0.2, -0.15) is 5.10 Å². The molecule has 0 saturated carbocycles. The molecule has 3 aromatic rings. The molecular weight excluding hydrogens is 340 g/mol. The third kappa shape index (κ3) is 4.46. The fourth-order valence-corrected chi connectivity index (χ4v) is 3.30. The molecule has 1 heterocycles. The molecule has 0 radical (unpaired) electrons. The Kier molecular flexibility index (Phi) is 5.67. The highest BCUT2D eigenvalue weighted by Gasteiger charge is 2.14. The minimum Gasteiger partial charge on any atom is -0.244 e. The molecule has 122 valence electrons. The van der Waals surface area contributed by atoms with Crippen LogP contribution in [-0.2, 0) is 5.75 Å². The van der Waals surface area contributed by atoms with Gasteiger partial charge < -0.3 is 0 Å². The van der Waals surface area contributed by atoms with E-state index in [1.54, 1.807) is 24.4 Å². The van der Waals surface area contributed by atoms with E-state index in [0.717, 1.165) is 21.5 Å². The molecule has 0 bridgehead atoms. The van der Waals surface area contributed by atoms with E-state index in [1.165, 1.54) is 5.56 Å². The van der Waals surface area contributed by atoms with Crippen molar-refractivity contribution in [1.29, 1.82) is 0 Å². The van der Waals surface area contributed by atoms with Crippen LogP contribution in [0.1, 0.15) is 18.5 Å². The molecule has 0 aliphatic carbocycles. The smallest absolute Gasteiger partial charge is 0.137 e. The normalized spacial score (nSPS) is 13.0. The Bertz CT molecular complexity index is 786. The Morgan fingerprint density at radius 3 is 2.58 bits per heavy atom. The summed E-state index contributed by atoms with van der Waals surface area (Å²) in [6, 6.07) is 17.9. The first-order valence-electron chi connectivity index (χ1n) is 7.57. The van der Waals surface area contributed by atoms with Crippen molar-refractivity contribution in [3.63, 3.8) is 0 Å². The fourth-order valence-electron chi connectivity index (χ4n) is 2.14. The summed E-state index contributed by atoms with van der Waals surface area (Å²) >= 11 is 7.65. The summed E-state index contributed by atoms with van der Waals surface area (Å²) in [5.41, 5.74) is 2.14. The molecule has 6 heteroatoms. The summed E-state index contributed by atoms with van der Waals surface area (Å²) in [6.07, 6.45) is 3.26. The molecular formula is C18H17ClN4S. The van der Waals surface area contributed by atoms with E-state index in [0.29, 0.717) is 0 Å². The van der Waals surface area contributed by atoms with E-state index in [2.05, 4.69) is 17.0 Å². The van der Waals surface area contributed by atoms with Gasteiger partial charge in [0.05, 0.1) is 16.8 Å². The molecule has 1 aromatic heterocycles. The molecule has 1 unspecified atom stereocenters. The number of para-hydroxylation sites is 1. The molecule has 0 amide bonds. The van der Waals surface area contributed by atoms with Crippen molar-refractivity contribution in [2.24, 2.45) is 4.99 Å². The topological polar surface area (TPSA) is 43.1 Å². The lowest BCUT2D eigenvalue weighted by Gasteiger charge is -2.15. The quantitative estimate of drug-likeness (QED) is 0.468. The fraction of sp³-hybridized carbons (Fsp3) is 0.167. The van der Waals surface area contributed by atoms with Gasteiger partial charge in [-0.3, -0.25) is 0 Å². The zero-order valence-electron chi connectivity index (χ0n) is 13.2. The average molecular weight is 357 g/mol. The zero-order chi connectivity index (χ0) is 16.8. The zero-order valence-corrected chi connectivity index (χ0v) is 14.8. The van der Waals surface area contributed by atoms with Crippen molar-refractivity contribution in [2.45, 2.75) is 18.7 Å². The Morgan fingerprint density at radius 2 is 1.92 bits per heavy atom. The second-order valence-corrected chi connectivity index (χ2v) is 6.68. The first kappa shape index (κ1) is 16.7. The van der Waals surface area contributed by atoms with E-state index >= 15 is 0 Å². The minimum absolute atomic E-state index is 0.0185. The third-order valence-corrected chi connectivity index (χ3v) is 4.94. The average Bonchev–Trinajstić information content (AvgIpc) is 3.15. The maximum Gasteiger partial charge on any atom is 0.137 e. The molecule has 24 heavy (non-hydrogen) atoms. The van der Waals surface area contributed by atoms with E-state index in [-0.39, 0.29) is 6.04 Å². The molecule has 3 rings (SSSR count). The number of benzene rings is 2. The van der Waals surface area contributed by atoms with Crippen molar-refractivity contribution >= 4 is 34.1 Å². The molecule has 0 spiro atoms. The van der Waals surface area contributed by atoms with Crippen molar-refractivity contribution in [1.82, 2.24) is 14.8 Å². The molecule has 0 saturated heterocycles. The molecule has 2 aromatic carbocycles. The van der Waals surface area contributed by atoms with Crippen LogP contribution >= 0.6 is 23.4 Å². The number of nitrogens with zero attached hydrogens (tertiary/aromatic N) is 4. The Balaban J connectivity index is 1.81. The lowest BCUT2D eigenvalue weighted by Crippen LogP contribution is -2.14. The molecule has 1 atom stereocenters.